The van der Waals surface area contributed by atoms with Crippen molar-refractivity contribution >= 4 is 35.0 Å². The molecule has 3 rings (SSSR count). The third kappa shape index (κ3) is 6.29. The standard InChI is InChI=1S/C23H17ClN4O5/c1-2-32-21-12-15(3-9-20(21)33-22-10-8-19(14-26-22)28(30)31)11-16(13-25)23(29)27-18-6-4-17(24)5-7-18/h3-12,14H,2H2,1H3,(H,27,29)/b16-11-. The lowest BCUT2D eigenvalue weighted by molar-refractivity contribution is -0.385. The number of halogens is 1. The summed E-state index contributed by atoms with van der Waals surface area (Å²) in [5.74, 6) is 0.236. The summed E-state index contributed by atoms with van der Waals surface area (Å²) >= 11 is 5.84. The first-order valence-electron chi connectivity index (χ1n) is 9.63. The molecule has 9 nitrogen and oxygen atoms in total. The molecule has 0 aliphatic heterocycles. The Hall–Kier alpha value is -4.42. The fourth-order valence-corrected chi connectivity index (χ4v) is 2.79. The van der Waals surface area contributed by atoms with Gasteiger partial charge in [0.25, 0.3) is 11.6 Å². The van der Waals surface area contributed by atoms with E-state index < -0.39 is 10.8 Å². The number of hydrogen-bond acceptors (Lipinski definition) is 7. The van der Waals surface area contributed by atoms with Gasteiger partial charge in [-0.1, -0.05) is 17.7 Å². The molecule has 2 aromatic carbocycles. The molecule has 0 spiro atoms. The Morgan fingerprint density at radius 3 is 2.58 bits per heavy atom. The first kappa shape index (κ1) is 23.2. The van der Waals surface area contributed by atoms with Crippen molar-refractivity contribution in [2.45, 2.75) is 6.92 Å². The topological polar surface area (TPSA) is 127 Å². The molecule has 0 fully saturated rings. The van der Waals surface area contributed by atoms with Gasteiger partial charge in [-0.3, -0.25) is 14.9 Å². The van der Waals surface area contributed by atoms with E-state index in [1.807, 2.05) is 6.07 Å². The number of nitro groups is 1. The van der Waals surface area contributed by atoms with Crippen molar-refractivity contribution in [3.05, 3.63) is 87.1 Å². The van der Waals surface area contributed by atoms with Gasteiger partial charge in [-0.25, -0.2) is 4.98 Å². The number of hydrogen-bond donors (Lipinski definition) is 1. The van der Waals surface area contributed by atoms with Crippen LogP contribution < -0.4 is 14.8 Å². The van der Waals surface area contributed by atoms with Gasteiger partial charge in [0, 0.05) is 22.8 Å². The molecule has 33 heavy (non-hydrogen) atoms. The molecular formula is C23H17ClN4O5. The average Bonchev–Trinajstić information content (AvgIpc) is 2.81. The van der Waals surface area contributed by atoms with Crippen LogP contribution in [0.5, 0.6) is 17.4 Å². The van der Waals surface area contributed by atoms with E-state index in [1.54, 1.807) is 49.4 Å². The Labute approximate surface area is 194 Å². The highest BCUT2D eigenvalue weighted by atomic mass is 35.5. The summed E-state index contributed by atoms with van der Waals surface area (Å²) in [6, 6.07) is 15.9. The van der Waals surface area contributed by atoms with Crippen molar-refractivity contribution in [3.63, 3.8) is 0 Å². The van der Waals surface area contributed by atoms with Gasteiger partial charge in [-0.15, -0.1) is 0 Å². The van der Waals surface area contributed by atoms with Crippen molar-refractivity contribution in [3.8, 4) is 23.4 Å². The Morgan fingerprint density at radius 1 is 1.21 bits per heavy atom. The monoisotopic (exact) mass is 464 g/mol. The van der Waals surface area contributed by atoms with E-state index in [0.717, 1.165) is 6.20 Å². The number of aromatic nitrogens is 1. The van der Waals surface area contributed by atoms with Crippen molar-refractivity contribution in [2.75, 3.05) is 11.9 Å². The van der Waals surface area contributed by atoms with Crippen LogP contribution in [-0.2, 0) is 4.79 Å². The minimum atomic E-state index is -0.576. The highest BCUT2D eigenvalue weighted by Crippen LogP contribution is 2.33. The number of ether oxygens (including phenoxy) is 2. The number of rotatable bonds is 8. The minimum Gasteiger partial charge on any atom is -0.490 e. The quantitative estimate of drug-likeness (QED) is 0.205. The lowest BCUT2D eigenvalue weighted by Crippen LogP contribution is -2.13. The molecule has 3 aromatic rings. The number of anilines is 1. The molecule has 0 atom stereocenters. The molecule has 0 unspecified atom stereocenters. The molecule has 0 saturated carbocycles. The number of pyridine rings is 1. The lowest BCUT2D eigenvalue weighted by atomic mass is 10.1. The van der Waals surface area contributed by atoms with E-state index in [0.29, 0.717) is 34.4 Å². The van der Waals surface area contributed by atoms with Crippen LogP contribution in [0.15, 0.2) is 66.4 Å². The van der Waals surface area contributed by atoms with E-state index in [4.69, 9.17) is 21.1 Å². The Bertz CT molecular complexity index is 1240. The van der Waals surface area contributed by atoms with Crippen LogP contribution in [0, 0.1) is 21.4 Å². The Balaban J connectivity index is 1.82. The molecule has 166 valence electrons. The molecule has 1 amide bonds. The van der Waals surface area contributed by atoms with Crippen LogP contribution in [0.4, 0.5) is 11.4 Å². The maximum Gasteiger partial charge on any atom is 0.287 e. The van der Waals surface area contributed by atoms with Crippen molar-refractivity contribution in [2.24, 2.45) is 0 Å². The largest absolute Gasteiger partial charge is 0.490 e. The second kappa shape index (κ2) is 10.7. The number of nitrogens with one attached hydrogen (secondary N) is 1. The zero-order valence-corrected chi connectivity index (χ0v) is 18.1. The van der Waals surface area contributed by atoms with Crippen LogP contribution in [0.2, 0.25) is 5.02 Å². The molecular weight excluding hydrogens is 448 g/mol. The maximum atomic E-state index is 12.5. The van der Waals surface area contributed by atoms with Gasteiger partial charge in [0.15, 0.2) is 11.5 Å². The lowest BCUT2D eigenvalue weighted by Gasteiger charge is -2.12. The highest BCUT2D eigenvalue weighted by Gasteiger charge is 2.13. The number of benzene rings is 2. The average molecular weight is 465 g/mol. The fourth-order valence-electron chi connectivity index (χ4n) is 2.67. The summed E-state index contributed by atoms with van der Waals surface area (Å²) in [5, 5.41) is 23.4. The van der Waals surface area contributed by atoms with Gasteiger partial charge < -0.3 is 14.8 Å². The predicted molar refractivity (Wildman–Crippen MR) is 122 cm³/mol. The van der Waals surface area contributed by atoms with Crippen molar-refractivity contribution in [1.29, 1.82) is 5.26 Å². The van der Waals surface area contributed by atoms with E-state index in [9.17, 15) is 20.2 Å². The molecule has 0 aliphatic rings. The normalized spacial score (nSPS) is 10.8. The highest BCUT2D eigenvalue weighted by molar-refractivity contribution is 6.30. The van der Waals surface area contributed by atoms with Crippen LogP contribution in [0.25, 0.3) is 6.08 Å². The summed E-state index contributed by atoms with van der Waals surface area (Å²) in [7, 11) is 0. The van der Waals surface area contributed by atoms with Crippen LogP contribution in [0.1, 0.15) is 12.5 Å². The molecule has 10 heteroatoms. The molecule has 1 heterocycles. The maximum absolute atomic E-state index is 12.5. The first-order chi connectivity index (χ1) is 15.9. The number of carbonyl (C=O) groups is 1. The summed E-state index contributed by atoms with van der Waals surface area (Å²) in [6.45, 7) is 2.12. The van der Waals surface area contributed by atoms with Gasteiger partial charge >= 0.3 is 0 Å². The second-order valence-corrected chi connectivity index (χ2v) is 6.92. The van der Waals surface area contributed by atoms with Crippen LogP contribution in [-0.4, -0.2) is 22.4 Å². The third-order valence-electron chi connectivity index (χ3n) is 4.19. The van der Waals surface area contributed by atoms with Gasteiger partial charge in [-0.2, -0.15) is 5.26 Å². The molecule has 0 saturated heterocycles. The second-order valence-electron chi connectivity index (χ2n) is 6.48. The van der Waals surface area contributed by atoms with E-state index in [-0.39, 0.29) is 17.1 Å². The number of carbonyl (C=O) groups excluding carboxylic acids is 1. The fraction of sp³-hybridized carbons (Fsp3) is 0.0870. The smallest absolute Gasteiger partial charge is 0.287 e. The first-order valence-corrected chi connectivity index (χ1v) is 10.0. The van der Waals surface area contributed by atoms with Crippen LogP contribution >= 0.6 is 11.6 Å². The molecule has 1 N–H and O–H groups in total. The van der Waals surface area contributed by atoms with E-state index >= 15 is 0 Å². The van der Waals surface area contributed by atoms with Crippen LogP contribution in [0.3, 0.4) is 0 Å². The van der Waals surface area contributed by atoms with E-state index in [2.05, 4.69) is 10.3 Å². The zero-order valence-electron chi connectivity index (χ0n) is 17.3. The van der Waals surface area contributed by atoms with Crippen molar-refractivity contribution in [1.82, 2.24) is 4.98 Å². The SMILES string of the molecule is CCOc1cc(/C=C(/C#N)C(=O)Nc2ccc(Cl)cc2)ccc1Oc1ccc([N+](=O)[O-])cn1. The third-order valence-corrected chi connectivity index (χ3v) is 4.44. The van der Waals surface area contributed by atoms with Crippen molar-refractivity contribution < 1.29 is 19.2 Å². The van der Waals surface area contributed by atoms with Gasteiger partial charge in [0.05, 0.1) is 11.5 Å². The van der Waals surface area contributed by atoms with Gasteiger partial charge in [-0.05, 0) is 55.0 Å². The predicted octanol–water partition coefficient (Wildman–Crippen LogP) is 5.38. The van der Waals surface area contributed by atoms with Gasteiger partial charge in [0.1, 0.15) is 17.8 Å². The molecule has 1 aromatic heterocycles. The minimum absolute atomic E-state index is 0.113. The molecule has 0 aliphatic carbocycles. The summed E-state index contributed by atoms with van der Waals surface area (Å²) < 4.78 is 11.3. The van der Waals surface area contributed by atoms with E-state index in [1.165, 1.54) is 18.2 Å². The summed E-state index contributed by atoms with van der Waals surface area (Å²) in [4.78, 5) is 26.6. The number of nitrogens with zero attached hydrogens (tertiary/aromatic N) is 3. The summed E-state index contributed by atoms with van der Waals surface area (Å²) in [6.07, 6.45) is 2.51. The Morgan fingerprint density at radius 2 is 1.97 bits per heavy atom. The Kier molecular flexibility index (Phi) is 7.57. The molecule has 0 bridgehead atoms. The summed E-state index contributed by atoms with van der Waals surface area (Å²) in [5.41, 5.74) is 0.761. The number of nitriles is 1. The number of amides is 1. The van der Waals surface area contributed by atoms with Gasteiger partial charge in [0.2, 0.25) is 5.88 Å². The molecule has 0 radical (unpaired) electrons. The zero-order chi connectivity index (χ0) is 23.8.